The molecule has 0 amide bonds. The van der Waals surface area contributed by atoms with Crippen molar-refractivity contribution in [1.82, 2.24) is 14.9 Å². The molecule has 0 unspecified atom stereocenters. The lowest BCUT2D eigenvalue weighted by atomic mass is 9.93. The third kappa shape index (κ3) is 3.85. The molecule has 2 rings (SSSR count). The molecule has 0 radical (unpaired) electrons. The minimum Gasteiger partial charge on any atom is -0.333 e. The number of hydrogen-bond donors (Lipinski definition) is 3. The number of nitrogens with zero attached hydrogens (tertiary/aromatic N) is 3. The third-order valence-electron chi connectivity index (χ3n) is 2.70. The Morgan fingerprint density at radius 1 is 1.10 bits per heavy atom. The van der Waals surface area contributed by atoms with Crippen molar-refractivity contribution in [2.75, 3.05) is 16.7 Å². The Morgan fingerprint density at radius 2 is 1.71 bits per heavy atom. The zero-order valence-corrected chi connectivity index (χ0v) is 12.9. The Hall–Kier alpha value is -2.28. The molecular formula is C13H19ClN6O. The summed E-state index contributed by atoms with van der Waals surface area (Å²) in [7, 11) is 0. The maximum Gasteiger partial charge on any atom is 0.295 e. The van der Waals surface area contributed by atoms with E-state index in [-0.39, 0.29) is 23.9 Å². The van der Waals surface area contributed by atoms with Crippen LogP contribution in [0.4, 0.5) is 11.6 Å². The fourth-order valence-corrected chi connectivity index (χ4v) is 1.60. The minimum absolute atomic E-state index is 0. The predicted octanol–water partition coefficient (Wildman–Crippen LogP) is 1.51. The van der Waals surface area contributed by atoms with E-state index < -0.39 is 5.41 Å². The van der Waals surface area contributed by atoms with E-state index in [1.807, 2.05) is 51.1 Å². The molecule has 2 aromatic rings. The number of halogens is 1. The Labute approximate surface area is 128 Å². The van der Waals surface area contributed by atoms with Gasteiger partial charge in [0.25, 0.3) is 11.5 Å². The van der Waals surface area contributed by atoms with E-state index in [0.717, 1.165) is 10.4 Å². The van der Waals surface area contributed by atoms with Crippen LogP contribution in [0.1, 0.15) is 26.5 Å². The topological polar surface area (TPSA) is 97.9 Å². The maximum atomic E-state index is 12.1. The number of hydrogen-bond acceptors (Lipinski definition) is 6. The van der Waals surface area contributed by atoms with Crippen LogP contribution in [0.3, 0.4) is 0 Å². The van der Waals surface area contributed by atoms with E-state index in [4.69, 9.17) is 5.84 Å². The van der Waals surface area contributed by atoms with Gasteiger partial charge in [-0.05, 0) is 12.1 Å². The van der Waals surface area contributed by atoms with E-state index in [2.05, 4.69) is 21.0 Å². The molecule has 1 heterocycles. The molecule has 0 saturated carbocycles. The lowest BCUT2D eigenvalue weighted by molar-refractivity contribution is 0.539. The number of nitrogens with two attached hydrogens (primary N) is 1. The van der Waals surface area contributed by atoms with Crippen LogP contribution in [0.2, 0.25) is 0 Å². The number of nitrogens with one attached hydrogen (secondary N) is 2. The molecular weight excluding hydrogens is 292 g/mol. The van der Waals surface area contributed by atoms with E-state index in [0.29, 0.717) is 5.69 Å². The Morgan fingerprint density at radius 3 is 2.29 bits per heavy atom. The smallest absolute Gasteiger partial charge is 0.295 e. The number of para-hydroxylation sites is 1. The second kappa shape index (κ2) is 6.45. The highest BCUT2D eigenvalue weighted by molar-refractivity contribution is 5.85. The molecule has 114 valence electrons. The zero-order chi connectivity index (χ0) is 14.8. The van der Waals surface area contributed by atoms with Gasteiger partial charge < -0.3 is 5.84 Å². The van der Waals surface area contributed by atoms with Crippen LogP contribution in [-0.4, -0.2) is 14.9 Å². The van der Waals surface area contributed by atoms with Crippen molar-refractivity contribution in [1.29, 1.82) is 0 Å². The van der Waals surface area contributed by atoms with E-state index in [1.165, 1.54) is 0 Å². The van der Waals surface area contributed by atoms with E-state index in [9.17, 15) is 4.79 Å². The summed E-state index contributed by atoms with van der Waals surface area (Å²) in [5, 5.41) is 7.89. The normalized spacial score (nSPS) is 10.6. The number of hydrazine groups is 1. The molecule has 0 aliphatic carbocycles. The van der Waals surface area contributed by atoms with Gasteiger partial charge in [-0.3, -0.25) is 15.6 Å². The van der Waals surface area contributed by atoms with Crippen LogP contribution >= 0.6 is 12.4 Å². The first-order valence-electron chi connectivity index (χ1n) is 6.22. The first-order valence-corrected chi connectivity index (χ1v) is 6.22. The SMILES string of the molecule is CC(C)(C)c1nnc(NNc2ccccc2)n(N)c1=O.Cl. The van der Waals surface area contributed by atoms with Crippen LogP contribution in [0, 0.1) is 0 Å². The summed E-state index contributed by atoms with van der Waals surface area (Å²) in [5.41, 5.74) is 6.03. The fourth-order valence-electron chi connectivity index (χ4n) is 1.60. The van der Waals surface area contributed by atoms with Crippen molar-refractivity contribution in [3.8, 4) is 0 Å². The molecule has 7 nitrogen and oxygen atoms in total. The predicted molar refractivity (Wildman–Crippen MR) is 86.1 cm³/mol. The monoisotopic (exact) mass is 310 g/mol. The number of nitrogen functional groups attached to an aromatic ring is 1. The molecule has 21 heavy (non-hydrogen) atoms. The highest BCUT2D eigenvalue weighted by Crippen LogP contribution is 2.15. The van der Waals surface area contributed by atoms with Crippen molar-refractivity contribution in [3.63, 3.8) is 0 Å². The summed E-state index contributed by atoms with van der Waals surface area (Å²) >= 11 is 0. The first kappa shape index (κ1) is 16.8. The molecule has 8 heteroatoms. The van der Waals surface area contributed by atoms with Crippen LogP contribution < -0.4 is 22.3 Å². The van der Waals surface area contributed by atoms with Crippen molar-refractivity contribution in [2.45, 2.75) is 26.2 Å². The van der Waals surface area contributed by atoms with Gasteiger partial charge in [0, 0.05) is 5.41 Å². The van der Waals surface area contributed by atoms with Crippen molar-refractivity contribution >= 4 is 24.0 Å². The molecule has 0 aliphatic rings. The summed E-state index contributed by atoms with van der Waals surface area (Å²) in [6.45, 7) is 5.65. The first-order chi connectivity index (χ1) is 9.39. The van der Waals surface area contributed by atoms with Gasteiger partial charge in [0.05, 0.1) is 5.69 Å². The van der Waals surface area contributed by atoms with Crippen molar-refractivity contribution in [2.24, 2.45) is 0 Å². The molecule has 4 N–H and O–H groups in total. The quantitative estimate of drug-likeness (QED) is 0.587. The van der Waals surface area contributed by atoms with Gasteiger partial charge in [-0.15, -0.1) is 22.6 Å². The summed E-state index contributed by atoms with van der Waals surface area (Å²) in [4.78, 5) is 12.1. The van der Waals surface area contributed by atoms with Crippen LogP contribution in [0.25, 0.3) is 0 Å². The van der Waals surface area contributed by atoms with E-state index >= 15 is 0 Å². The standard InChI is InChI=1S/C13H18N6O.ClH/c1-13(2,3)10-11(20)19(14)12(18-16-10)17-15-9-7-5-4-6-8-9;/h4-8,15H,14H2,1-3H3,(H,17,18);1H. The second-order valence-electron chi connectivity index (χ2n) is 5.41. The molecule has 0 saturated heterocycles. The second-order valence-corrected chi connectivity index (χ2v) is 5.41. The molecule has 0 fully saturated rings. The van der Waals surface area contributed by atoms with Gasteiger partial charge in [0.15, 0.2) is 0 Å². The maximum absolute atomic E-state index is 12.1. The van der Waals surface area contributed by atoms with Crippen LogP contribution in [0.5, 0.6) is 0 Å². The average molecular weight is 311 g/mol. The van der Waals surface area contributed by atoms with Gasteiger partial charge in [-0.2, -0.15) is 4.68 Å². The summed E-state index contributed by atoms with van der Waals surface area (Å²) in [5.74, 6) is 5.89. The Kier molecular flexibility index (Phi) is 5.15. The Bertz CT molecular complexity index is 650. The van der Waals surface area contributed by atoms with Crippen molar-refractivity contribution in [3.05, 3.63) is 46.4 Å². The molecule has 1 aromatic carbocycles. The number of benzene rings is 1. The van der Waals surface area contributed by atoms with E-state index in [1.54, 1.807) is 0 Å². The lowest BCUT2D eigenvalue weighted by Crippen LogP contribution is -2.39. The lowest BCUT2D eigenvalue weighted by Gasteiger charge is -2.18. The zero-order valence-electron chi connectivity index (χ0n) is 12.1. The fraction of sp³-hybridized carbons (Fsp3) is 0.308. The van der Waals surface area contributed by atoms with Gasteiger partial charge in [0.2, 0.25) is 0 Å². The van der Waals surface area contributed by atoms with Gasteiger partial charge in [-0.1, -0.05) is 39.0 Å². The van der Waals surface area contributed by atoms with Crippen LogP contribution in [0.15, 0.2) is 35.1 Å². The molecule has 0 bridgehead atoms. The summed E-state index contributed by atoms with van der Waals surface area (Å²) < 4.78 is 0.948. The minimum atomic E-state index is -0.406. The van der Waals surface area contributed by atoms with Crippen molar-refractivity contribution < 1.29 is 0 Å². The molecule has 0 aliphatic heterocycles. The van der Waals surface area contributed by atoms with Gasteiger partial charge >= 0.3 is 0 Å². The highest BCUT2D eigenvalue weighted by atomic mass is 35.5. The number of anilines is 2. The number of aromatic nitrogens is 3. The third-order valence-corrected chi connectivity index (χ3v) is 2.70. The number of rotatable bonds is 3. The molecule has 0 spiro atoms. The molecule has 1 aromatic heterocycles. The largest absolute Gasteiger partial charge is 0.333 e. The summed E-state index contributed by atoms with van der Waals surface area (Å²) in [6, 6.07) is 9.40. The van der Waals surface area contributed by atoms with Gasteiger partial charge in [-0.25, -0.2) is 0 Å². The average Bonchev–Trinajstić information content (AvgIpc) is 2.40. The molecule has 0 atom stereocenters. The highest BCUT2D eigenvalue weighted by Gasteiger charge is 2.22. The van der Waals surface area contributed by atoms with Gasteiger partial charge in [0.1, 0.15) is 5.69 Å². The Balaban J connectivity index is 0.00000220. The summed E-state index contributed by atoms with van der Waals surface area (Å²) in [6.07, 6.45) is 0. The van der Waals surface area contributed by atoms with Crippen LogP contribution in [-0.2, 0) is 5.41 Å².